The Kier molecular flexibility index (Phi) is 5.47. The molecule has 0 spiro atoms. The van der Waals surface area contributed by atoms with Gasteiger partial charge in [-0.2, -0.15) is 0 Å². The van der Waals surface area contributed by atoms with Crippen LogP contribution in [0.5, 0.6) is 0 Å². The highest BCUT2D eigenvalue weighted by molar-refractivity contribution is 8.13. The molecule has 29 heavy (non-hydrogen) atoms. The minimum absolute atomic E-state index is 0.292. The molecular weight excluding hydrogens is 415 g/mol. The number of carbonyl (C=O) groups is 2. The fourth-order valence-corrected chi connectivity index (χ4v) is 4.54. The minimum atomic E-state index is -0.635. The quantitative estimate of drug-likeness (QED) is 0.803. The number of hydrogen-bond acceptors (Lipinski definition) is 5. The van der Waals surface area contributed by atoms with Crippen LogP contribution in [0.2, 0.25) is 5.02 Å². The van der Waals surface area contributed by atoms with Crippen LogP contribution >= 0.6 is 23.4 Å². The van der Waals surface area contributed by atoms with E-state index in [1.54, 1.807) is 25.2 Å². The number of aliphatic imine (C=N–C) groups is 1. The largest absolute Gasteiger partial charge is 0.331 e. The maximum Gasteiger partial charge on any atom is 0.325 e. The van der Waals surface area contributed by atoms with Crippen molar-refractivity contribution in [1.82, 2.24) is 15.1 Å². The standard InChI is InChI=1S/C20H18ClFN4O2S/c1-25-17-16(18(27)24-19(25)28)26(10-13-4-2-3-5-15(13)21)20(23-17)29-11-12-6-8-14(22)9-7-12/h2-9,16-17H,10-11H2,1H3,(H,24,27,28). The van der Waals surface area contributed by atoms with Crippen LogP contribution in [0.4, 0.5) is 9.18 Å². The summed E-state index contributed by atoms with van der Waals surface area (Å²) in [5.41, 5.74) is 1.79. The van der Waals surface area contributed by atoms with Gasteiger partial charge in [0.1, 0.15) is 5.82 Å². The molecule has 1 saturated heterocycles. The molecule has 6 nitrogen and oxygen atoms in total. The molecule has 1 N–H and O–H groups in total. The number of likely N-dealkylation sites (N-methyl/N-ethyl adjacent to an activating group) is 1. The molecule has 0 bridgehead atoms. The molecular formula is C20H18ClFN4O2S. The summed E-state index contributed by atoms with van der Waals surface area (Å²) in [5.74, 6) is -0.122. The molecule has 0 aliphatic carbocycles. The number of nitrogens with one attached hydrogen (secondary N) is 1. The van der Waals surface area contributed by atoms with Gasteiger partial charge >= 0.3 is 6.03 Å². The molecule has 2 atom stereocenters. The third-order valence-electron chi connectivity index (χ3n) is 4.90. The van der Waals surface area contributed by atoms with E-state index in [0.717, 1.165) is 11.1 Å². The maximum absolute atomic E-state index is 13.2. The van der Waals surface area contributed by atoms with E-state index in [-0.39, 0.29) is 11.7 Å². The van der Waals surface area contributed by atoms with Gasteiger partial charge in [-0.3, -0.25) is 10.1 Å². The molecule has 4 rings (SSSR count). The summed E-state index contributed by atoms with van der Waals surface area (Å²) in [6.45, 7) is 0.380. The van der Waals surface area contributed by atoms with E-state index < -0.39 is 18.2 Å². The van der Waals surface area contributed by atoms with Gasteiger partial charge in [-0.1, -0.05) is 53.7 Å². The smallest absolute Gasteiger partial charge is 0.325 e. The zero-order chi connectivity index (χ0) is 20.5. The first kappa shape index (κ1) is 19.7. The van der Waals surface area contributed by atoms with Crippen molar-refractivity contribution < 1.29 is 14.0 Å². The Hall–Kier alpha value is -2.58. The number of benzene rings is 2. The average Bonchev–Trinajstić information content (AvgIpc) is 3.06. The van der Waals surface area contributed by atoms with Crippen molar-refractivity contribution in [2.24, 2.45) is 4.99 Å². The molecule has 2 aliphatic heterocycles. The predicted molar refractivity (Wildman–Crippen MR) is 111 cm³/mol. The van der Waals surface area contributed by atoms with Crippen LogP contribution in [-0.4, -0.2) is 46.2 Å². The Balaban J connectivity index is 1.61. The Morgan fingerprint density at radius 2 is 1.90 bits per heavy atom. The second kappa shape index (κ2) is 8.04. The van der Waals surface area contributed by atoms with E-state index in [1.807, 2.05) is 23.1 Å². The second-order valence-corrected chi connectivity index (χ2v) is 8.16. The second-order valence-electron chi connectivity index (χ2n) is 6.81. The Bertz CT molecular complexity index is 985. The number of rotatable bonds is 4. The van der Waals surface area contributed by atoms with Crippen LogP contribution in [0.3, 0.4) is 0 Å². The Morgan fingerprint density at radius 1 is 1.17 bits per heavy atom. The molecule has 2 aromatic rings. The van der Waals surface area contributed by atoms with Crippen LogP contribution in [0.25, 0.3) is 0 Å². The van der Waals surface area contributed by atoms with Crippen LogP contribution in [-0.2, 0) is 17.1 Å². The molecule has 0 saturated carbocycles. The summed E-state index contributed by atoms with van der Waals surface area (Å²) >= 11 is 7.77. The third kappa shape index (κ3) is 3.95. The minimum Gasteiger partial charge on any atom is -0.331 e. The van der Waals surface area contributed by atoms with E-state index in [2.05, 4.69) is 10.3 Å². The Labute approximate surface area is 176 Å². The van der Waals surface area contributed by atoms with E-state index >= 15 is 0 Å². The monoisotopic (exact) mass is 432 g/mol. The van der Waals surface area contributed by atoms with Gasteiger partial charge in [0.15, 0.2) is 17.4 Å². The fourth-order valence-electron chi connectivity index (χ4n) is 3.33. The molecule has 2 unspecified atom stereocenters. The van der Waals surface area contributed by atoms with Crippen molar-refractivity contribution in [3.05, 3.63) is 70.5 Å². The molecule has 150 valence electrons. The zero-order valence-electron chi connectivity index (χ0n) is 15.5. The highest BCUT2D eigenvalue weighted by Crippen LogP contribution is 2.32. The third-order valence-corrected chi connectivity index (χ3v) is 6.35. The molecule has 2 aliphatic rings. The van der Waals surface area contributed by atoms with E-state index in [0.29, 0.717) is 22.5 Å². The number of fused-ring (bicyclic) bond motifs is 1. The lowest BCUT2D eigenvalue weighted by molar-refractivity contribution is -0.127. The summed E-state index contributed by atoms with van der Waals surface area (Å²) in [4.78, 5) is 32.6. The van der Waals surface area contributed by atoms with Gasteiger partial charge in [-0.15, -0.1) is 0 Å². The van der Waals surface area contributed by atoms with Crippen LogP contribution in [0.15, 0.2) is 53.5 Å². The van der Waals surface area contributed by atoms with Gasteiger partial charge in [0, 0.05) is 24.4 Å². The highest BCUT2D eigenvalue weighted by atomic mass is 35.5. The van der Waals surface area contributed by atoms with Crippen molar-refractivity contribution in [2.75, 3.05) is 7.05 Å². The molecule has 0 aromatic heterocycles. The number of nitrogens with zero attached hydrogens (tertiary/aromatic N) is 3. The number of imide groups is 1. The number of amidine groups is 1. The molecule has 3 amide bonds. The molecule has 2 aromatic carbocycles. The average molecular weight is 433 g/mol. The van der Waals surface area contributed by atoms with E-state index in [4.69, 9.17) is 11.6 Å². The summed E-state index contributed by atoms with van der Waals surface area (Å²) in [5, 5.41) is 3.62. The van der Waals surface area contributed by atoms with Crippen molar-refractivity contribution in [2.45, 2.75) is 24.5 Å². The van der Waals surface area contributed by atoms with Crippen LogP contribution in [0, 0.1) is 5.82 Å². The van der Waals surface area contributed by atoms with E-state index in [1.165, 1.54) is 28.8 Å². The lowest BCUT2D eigenvalue weighted by atomic mass is 10.1. The van der Waals surface area contributed by atoms with Crippen LogP contribution in [0.1, 0.15) is 11.1 Å². The summed E-state index contributed by atoms with van der Waals surface area (Å²) < 4.78 is 13.2. The zero-order valence-corrected chi connectivity index (χ0v) is 17.1. The number of hydrogen-bond donors (Lipinski definition) is 1. The first-order valence-corrected chi connectivity index (χ1v) is 10.3. The Morgan fingerprint density at radius 3 is 2.62 bits per heavy atom. The predicted octanol–water partition coefficient (Wildman–Crippen LogP) is 3.46. The fraction of sp³-hybridized carbons (Fsp3) is 0.250. The van der Waals surface area contributed by atoms with Gasteiger partial charge < -0.3 is 9.80 Å². The summed E-state index contributed by atoms with van der Waals surface area (Å²) in [6.07, 6.45) is -0.602. The number of urea groups is 1. The molecule has 2 heterocycles. The molecule has 0 radical (unpaired) electrons. The first-order valence-electron chi connectivity index (χ1n) is 8.97. The van der Waals surface area contributed by atoms with Gasteiger partial charge in [0.05, 0.1) is 0 Å². The number of carbonyl (C=O) groups excluding carboxylic acids is 2. The van der Waals surface area contributed by atoms with Crippen molar-refractivity contribution in [3.63, 3.8) is 0 Å². The van der Waals surface area contributed by atoms with Gasteiger partial charge in [-0.25, -0.2) is 14.2 Å². The van der Waals surface area contributed by atoms with Crippen LogP contribution < -0.4 is 5.32 Å². The normalized spacial score (nSPS) is 21.1. The van der Waals surface area contributed by atoms with Crippen molar-refractivity contribution >= 4 is 40.5 Å². The lowest BCUT2D eigenvalue weighted by Crippen LogP contribution is -2.63. The van der Waals surface area contributed by atoms with Crippen molar-refractivity contribution in [1.29, 1.82) is 0 Å². The van der Waals surface area contributed by atoms with Crippen molar-refractivity contribution in [3.8, 4) is 0 Å². The maximum atomic E-state index is 13.2. The van der Waals surface area contributed by atoms with E-state index in [9.17, 15) is 14.0 Å². The summed E-state index contributed by atoms with van der Waals surface area (Å²) in [6, 6.07) is 12.6. The number of thioether (sulfide) groups is 1. The van der Waals surface area contributed by atoms with Gasteiger partial charge in [0.2, 0.25) is 0 Å². The number of halogens is 2. The first-order chi connectivity index (χ1) is 13.9. The highest BCUT2D eigenvalue weighted by Gasteiger charge is 2.48. The topological polar surface area (TPSA) is 65.0 Å². The molecule has 1 fully saturated rings. The number of amides is 3. The summed E-state index contributed by atoms with van der Waals surface area (Å²) in [7, 11) is 1.62. The SMILES string of the molecule is CN1C(=O)NC(=O)C2C1N=C(SCc1ccc(F)cc1)N2Cc1ccccc1Cl. The van der Waals surface area contributed by atoms with Gasteiger partial charge in [-0.05, 0) is 29.3 Å². The molecule has 9 heteroatoms. The van der Waals surface area contributed by atoms with Gasteiger partial charge in [0.25, 0.3) is 5.91 Å². The lowest BCUT2D eigenvalue weighted by Gasteiger charge is -2.36.